The summed E-state index contributed by atoms with van der Waals surface area (Å²) in [6.45, 7) is 5.45. The maximum atomic E-state index is 13.3. The number of carbonyl (C=O) groups excluding carboxylic acids is 1. The molecule has 7 heteroatoms. The highest BCUT2D eigenvalue weighted by Crippen LogP contribution is 2.29. The molecule has 1 aliphatic rings. The highest BCUT2D eigenvalue weighted by atomic mass is 16.1. The molecule has 0 saturated carbocycles. The third kappa shape index (κ3) is 4.55. The van der Waals surface area contributed by atoms with Crippen LogP contribution in [0.15, 0.2) is 73.1 Å². The van der Waals surface area contributed by atoms with E-state index in [9.17, 15) is 4.79 Å². The number of anilines is 2. The van der Waals surface area contributed by atoms with Crippen LogP contribution in [0.3, 0.4) is 0 Å². The van der Waals surface area contributed by atoms with E-state index < -0.39 is 0 Å². The molecule has 1 amide bonds. The topological polar surface area (TPSA) is 75.9 Å². The maximum Gasteiger partial charge on any atom is 0.229 e. The summed E-state index contributed by atoms with van der Waals surface area (Å²) in [6.07, 6.45) is 3.35. The predicted octanol–water partition coefficient (Wildman–Crippen LogP) is 4.80. The Hall–Kier alpha value is -4.00. The average molecular weight is 453 g/mol. The summed E-state index contributed by atoms with van der Waals surface area (Å²) < 4.78 is 1.83. The number of benzene rings is 2. The third-order valence-electron chi connectivity index (χ3n) is 6.25. The molecular weight excluding hydrogens is 424 g/mol. The molecular formula is C27H28N6O. The van der Waals surface area contributed by atoms with E-state index in [1.54, 1.807) is 6.33 Å². The van der Waals surface area contributed by atoms with Crippen molar-refractivity contribution in [2.75, 3.05) is 23.3 Å². The zero-order valence-electron chi connectivity index (χ0n) is 19.5. The minimum atomic E-state index is -0.121. The molecule has 2 aromatic heterocycles. The molecule has 1 atom stereocenters. The Kier molecular flexibility index (Phi) is 6.08. The molecule has 7 nitrogen and oxygen atoms in total. The molecule has 0 bridgehead atoms. The molecule has 1 saturated heterocycles. The quantitative estimate of drug-likeness (QED) is 0.471. The molecule has 1 unspecified atom stereocenters. The number of nitrogens with one attached hydrogen (secondary N) is 1. The molecule has 0 radical (unpaired) electrons. The minimum absolute atomic E-state index is 0.0425. The monoisotopic (exact) mass is 452 g/mol. The third-order valence-corrected chi connectivity index (χ3v) is 6.25. The van der Waals surface area contributed by atoms with Crippen molar-refractivity contribution in [1.82, 2.24) is 19.7 Å². The Morgan fingerprint density at radius 1 is 0.971 bits per heavy atom. The van der Waals surface area contributed by atoms with Gasteiger partial charge in [0.2, 0.25) is 5.91 Å². The number of hydrogen-bond acceptors (Lipinski definition) is 5. The number of aromatic nitrogens is 4. The van der Waals surface area contributed by atoms with E-state index in [0.29, 0.717) is 6.54 Å². The van der Waals surface area contributed by atoms with Crippen LogP contribution in [-0.2, 0) is 4.79 Å². The Labute approximate surface area is 199 Å². The van der Waals surface area contributed by atoms with Gasteiger partial charge in [-0.2, -0.15) is 5.10 Å². The van der Waals surface area contributed by atoms with Gasteiger partial charge in [0.25, 0.3) is 0 Å². The number of carbonyl (C=O) groups is 1. The number of piperidine rings is 1. The fourth-order valence-electron chi connectivity index (χ4n) is 4.58. The van der Waals surface area contributed by atoms with Crippen molar-refractivity contribution < 1.29 is 4.79 Å². The first-order chi connectivity index (χ1) is 16.6. The van der Waals surface area contributed by atoms with Gasteiger partial charge < -0.3 is 10.2 Å². The van der Waals surface area contributed by atoms with E-state index in [2.05, 4.69) is 37.4 Å². The van der Waals surface area contributed by atoms with E-state index >= 15 is 0 Å². The van der Waals surface area contributed by atoms with Crippen LogP contribution in [0.25, 0.3) is 16.9 Å². The largest absolute Gasteiger partial charge is 0.356 e. The molecule has 0 aliphatic carbocycles. The van der Waals surface area contributed by atoms with E-state index in [1.165, 1.54) is 0 Å². The van der Waals surface area contributed by atoms with Crippen molar-refractivity contribution in [3.63, 3.8) is 0 Å². The van der Waals surface area contributed by atoms with Crippen LogP contribution in [0, 0.1) is 19.8 Å². The van der Waals surface area contributed by atoms with Gasteiger partial charge in [-0.1, -0.05) is 48.5 Å². The van der Waals surface area contributed by atoms with Gasteiger partial charge >= 0.3 is 0 Å². The summed E-state index contributed by atoms with van der Waals surface area (Å²) in [6, 6.07) is 22.1. The summed E-state index contributed by atoms with van der Waals surface area (Å²) in [5.41, 5.74) is 4.92. The normalized spacial score (nSPS) is 15.8. The Balaban J connectivity index is 1.33. The molecule has 34 heavy (non-hydrogen) atoms. The van der Waals surface area contributed by atoms with Crippen LogP contribution in [-0.4, -0.2) is 38.7 Å². The molecule has 172 valence electrons. The number of aryl methyl sites for hydroxylation is 2. The van der Waals surface area contributed by atoms with Gasteiger partial charge in [-0.25, -0.2) is 14.6 Å². The van der Waals surface area contributed by atoms with E-state index in [4.69, 9.17) is 0 Å². The highest BCUT2D eigenvalue weighted by Gasteiger charge is 2.27. The van der Waals surface area contributed by atoms with Gasteiger partial charge in [-0.3, -0.25) is 4.79 Å². The van der Waals surface area contributed by atoms with E-state index in [0.717, 1.165) is 59.2 Å². The molecule has 3 heterocycles. The SMILES string of the molecule is Cc1cc(C)n(-c2cc(N3CCCC(C(=O)Nc4ccccc4-c4ccccc4)C3)ncn2)n1. The minimum Gasteiger partial charge on any atom is -0.356 e. The lowest BCUT2D eigenvalue weighted by atomic mass is 9.96. The van der Waals surface area contributed by atoms with E-state index in [-0.39, 0.29) is 11.8 Å². The van der Waals surface area contributed by atoms with Crippen molar-refractivity contribution in [2.45, 2.75) is 26.7 Å². The Bertz CT molecular complexity index is 1300. The van der Waals surface area contributed by atoms with Gasteiger partial charge in [-0.05, 0) is 44.4 Å². The Morgan fingerprint density at radius 2 is 1.74 bits per heavy atom. The van der Waals surface area contributed by atoms with Crippen molar-refractivity contribution in [2.24, 2.45) is 5.92 Å². The standard InChI is InChI=1S/C27H28N6O/c1-19-15-20(2)33(31-19)26-16-25(28-18-29-26)32-14-8-11-22(17-32)27(34)30-24-13-7-6-12-23(24)21-9-4-3-5-10-21/h3-7,9-10,12-13,15-16,18,22H,8,11,14,17H2,1-2H3,(H,30,34). The first-order valence-electron chi connectivity index (χ1n) is 11.6. The number of para-hydroxylation sites is 1. The first-order valence-corrected chi connectivity index (χ1v) is 11.6. The number of nitrogens with zero attached hydrogens (tertiary/aromatic N) is 5. The predicted molar refractivity (Wildman–Crippen MR) is 134 cm³/mol. The van der Waals surface area contributed by atoms with Crippen LogP contribution >= 0.6 is 0 Å². The molecule has 2 aromatic carbocycles. The summed E-state index contributed by atoms with van der Waals surface area (Å²) in [4.78, 5) is 24.4. The van der Waals surface area contributed by atoms with Crippen molar-refractivity contribution in [1.29, 1.82) is 0 Å². The first kappa shape index (κ1) is 21.8. The summed E-state index contributed by atoms with van der Waals surface area (Å²) in [7, 11) is 0. The molecule has 1 N–H and O–H groups in total. The Morgan fingerprint density at radius 3 is 2.53 bits per heavy atom. The summed E-state index contributed by atoms with van der Waals surface area (Å²) in [5, 5.41) is 7.72. The zero-order valence-corrected chi connectivity index (χ0v) is 19.5. The molecule has 5 rings (SSSR count). The molecule has 1 fully saturated rings. The lowest BCUT2D eigenvalue weighted by molar-refractivity contribution is -0.120. The smallest absolute Gasteiger partial charge is 0.229 e. The lowest BCUT2D eigenvalue weighted by Gasteiger charge is -2.33. The van der Waals surface area contributed by atoms with Gasteiger partial charge in [0.1, 0.15) is 12.1 Å². The highest BCUT2D eigenvalue weighted by molar-refractivity contribution is 5.97. The zero-order chi connectivity index (χ0) is 23.5. The van der Waals surface area contributed by atoms with Crippen LogP contribution in [0.4, 0.5) is 11.5 Å². The van der Waals surface area contributed by atoms with E-state index in [1.807, 2.05) is 73.1 Å². The van der Waals surface area contributed by atoms with Crippen LogP contribution in [0.1, 0.15) is 24.2 Å². The second kappa shape index (κ2) is 9.47. The van der Waals surface area contributed by atoms with Crippen LogP contribution in [0.5, 0.6) is 0 Å². The second-order valence-corrected chi connectivity index (χ2v) is 8.76. The van der Waals surface area contributed by atoms with Gasteiger partial charge in [-0.15, -0.1) is 0 Å². The van der Waals surface area contributed by atoms with Crippen molar-refractivity contribution in [3.05, 3.63) is 84.4 Å². The second-order valence-electron chi connectivity index (χ2n) is 8.76. The molecule has 1 aliphatic heterocycles. The van der Waals surface area contributed by atoms with Crippen LogP contribution in [0.2, 0.25) is 0 Å². The number of amides is 1. The van der Waals surface area contributed by atoms with Gasteiger partial charge in [0, 0.05) is 36.1 Å². The molecule has 0 spiro atoms. The summed E-state index contributed by atoms with van der Waals surface area (Å²) in [5.74, 6) is 1.48. The molecule has 4 aromatic rings. The van der Waals surface area contributed by atoms with Crippen molar-refractivity contribution in [3.8, 4) is 16.9 Å². The van der Waals surface area contributed by atoms with Crippen LogP contribution < -0.4 is 10.2 Å². The maximum absolute atomic E-state index is 13.3. The number of hydrogen-bond donors (Lipinski definition) is 1. The lowest BCUT2D eigenvalue weighted by Crippen LogP contribution is -2.41. The van der Waals surface area contributed by atoms with Gasteiger partial charge in [0.05, 0.1) is 11.6 Å². The van der Waals surface area contributed by atoms with Crippen molar-refractivity contribution >= 4 is 17.4 Å². The summed E-state index contributed by atoms with van der Waals surface area (Å²) >= 11 is 0. The average Bonchev–Trinajstić information content (AvgIpc) is 3.23. The fourth-order valence-corrected chi connectivity index (χ4v) is 4.58. The number of rotatable bonds is 5. The van der Waals surface area contributed by atoms with Gasteiger partial charge in [0.15, 0.2) is 5.82 Å². The fraction of sp³-hybridized carbons (Fsp3) is 0.259.